The zero-order chi connectivity index (χ0) is 16.6. The van der Waals surface area contributed by atoms with Gasteiger partial charge in [0.1, 0.15) is 0 Å². The number of hydrogen-bond acceptors (Lipinski definition) is 4. The van der Waals surface area contributed by atoms with E-state index >= 15 is 0 Å². The van der Waals surface area contributed by atoms with Gasteiger partial charge in [-0.05, 0) is 44.2 Å². The molecule has 23 heavy (non-hydrogen) atoms. The number of nitrogens with one attached hydrogen (secondary N) is 2. The summed E-state index contributed by atoms with van der Waals surface area (Å²) in [6.07, 6.45) is 1.61. The molecular weight excluding hydrogens is 316 g/mol. The van der Waals surface area contributed by atoms with Crippen LogP contribution in [0.1, 0.15) is 12.5 Å². The first-order chi connectivity index (χ1) is 10.9. The van der Waals surface area contributed by atoms with E-state index in [4.69, 9.17) is 0 Å². The van der Waals surface area contributed by atoms with Crippen LogP contribution in [-0.4, -0.2) is 23.2 Å². The number of aryl methyl sites for hydroxylation is 2. The maximum atomic E-state index is 12.3. The lowest BCUT2D eigenvalue weighted by molar-refractivity contribution is 0.586. The van der Waals surface area contributed by atoms with Crippen LogP contribution in [0, 0.1) is 6.92 Å². The summed E-state index contributed by atoms with van der Waals surface area (Å²) < 4.78 is 28.7. The minimum Gasteiger partial charge on any atom is -0.322 e. The number of pyridine rings is 1. The van der Waals surface area contributed by atoms with Crippen molar-refractivity contribution in [3.63, 3.8) is 0 Å². The Balaban J connectivity index is 1.97. The average molecular weight is 332 g/mol. The molecule has 7 nitrogen and oxygen atoms in total. The van der Waals surface area contributed by atoms with Crippen LogP contribution in [0.5, 0.6) is 0 Å². The van der Waals surface area contributed by atoms with Gasteiger partial charge in [0, 0.05) is 34.9 Å². The molecule has 2 aromatic heterocycles. The van der Waals surface area contributed by atoms with Gasteiger partial charge in [-0.2, -0.15) is 13.5 Å². The van der Waals surface area contributed by atoms with Gasteiger partial charge in [0.25, 0.3) is 15.6 Å². The van der Waals surface area contributed by atoms with Crippen molar-refractivity contribution in [2.45, 2.75) is 25.4 Å². The van der Waals surface area contributed by atoms with Crippen LogP contribution in [0.4, 0.5) is 5.69 Å². The normalized spacial score (nSPS) is 11.7. The number of sulfonamides is 1. The highest BCUT2D eigenvalue weighted by Gasteiger charge is 2.17. The summed E-state index contributed by atoms with van der Waals surface area (Å²) in [7, 11) is -3.74. The van der Waals surface area contributed by atoms with E-state index in [1.54, 1.807) is 42.1 Å². The van der Waals surface area contributed by atoms with Crippen molar-refractivity contribution in [3.05, 3.63) is 52.4 Å². The number of rotatable bonds is 4. The molecule has 0 unspecified atom stereocenters. The third kappa shape index (κ3) is 2.98. The summed E-state index contributed by atoms with van der Waals surface area (Å²) in [5.41, 5.74) is 1.48. The van der Waals surface area contributed by atoms with E-state index in [0.717, 1.165) is 5.39 Å². The lowest BCUT2D eigenvalue weighted by Crippen LogP contribution is -2.14. The smallest absolute Gasteiger partial charge is 0.281 e. The quantitative estimate of drug-likeness (QED) is 0.762. The Labute approximate surface area is 133 Å². The Morgan fingerprint density at radius 3 is 2.74 bits per heavy atom. The minimum atomic E-state index is -3.74. The largest absolute Gasteiger partial charge is 0.322 e. The van der Waals surface area contributed by atoms with Crippen molar-refractivity contribution in [2.75, 3.05) is 4.72 Å². The van der Waals surface area contributed by atoms with E-state index in [9.17, 15) is 13.2 Å². The Morgan fingerprint density at radius 1 is 1.26 bits per heavy atom. The van der Waals surface area contributed by atoms with Crippen LogP contribution in [0.25, 0.3) is 10.9 Å². The number of aromatic nitrogens is 3. The molecule has 0 atom stereocenters. The van der Waals surface area contributed by atoms with Crippen molar-refractivity contribution in [1.29, 1.82) is 0 Å². The molecule has 0 bridgehead atoms. The molecule has 0 aliphatic carbocycles. The second-order valence-corrected chi connectivity index (χ2v) is 6.83. The third-order valence-corrected chi connectivity index (χ3v) is 4.77. The number of benzene rings is 1. The fourth-order valence-corrected chi connectivity index (χ4v) is 3.24. The fourth-order valence-electron chi connectivity index (χ4n) is 2.25. The zero-order valence-corrected chi connectivity index (χ0v) is 13.5. The van der Waals surface area contributed by atoms with E-state index in [-0.39, 0.29) is 10.6 Å². The van der Waals surface area contributed by atoms with Gasteiger partial charge in [0.15, 0.2) is 5.03 Å². The Morgan fingerprint density at radius 2 is 2.04 bits per heavy atom. The van der Waals surface area contributed by atoms with Crippen molar-refractivity contribution in [3.8, 4) is 0 Å². The molecule has 2 heterocycles. The van der Waals surface area contributed by atoms with Gasteiger partial charge in [-0.1, -0.05) is 0 Å². The molecule has 0 aliphatic heterocycles. The summed E-state index contributed by atoms with van der Waals surface area (Å²) in [4.78, 5) is 14.3. The molecule has 3 rings (SSSR count). The van der Waals surface area contributed by atoms with Crippen LogP contribution in [0.3, 0.4) is 0 Å². The highest BCUT2D eigenvalue weighted by Crippen LogP contribution is 2.20. The van der Waals surface area contributed by atoms with Crippen LogP contribution in [-0.2, 0) is 16.6 Å². The van der Waals surface area contributed by atoms with Crippen molar-refractivity contribution < 1.29 is 8.42 Å². The van der Waals surface area contributed by atoms with Gasteiger partial charge >= 0.3 is 0 Å². The predicted molar refractivity (Wildman–Crippen MR) is 88.0 cm³/mol. The van der Waals surface area contributed by atoms with E-state index in [1.807, 2.05) is 6.92 Å². The van der Waals surface area contributed by atoms with Crippen LogP contribution >= 0.6 is 0 Å². The SMILES string of the molecule is CCn1ccc(S(=O)(=O)Nc2ccc3[nH]c(=O)c(C)cc3c2)n1. The first-order valence-electron chi connectivity index (χ1n) is 7.09. The Kier molecular flexibility index (Phi) is 3.69. The second kappa shape index (κ2) is 5.54. The number of H-pyrrole nitrogens is 1. The van der Waals surface area contributed by atoms with E-state index in [0.29, 0.717) is 23.3 Å². The minimum absolute atomic E-state index is 0.0305. The van der Waals surface area contributed by atoms with Gasteiger partial charge in [-0.25, -0.2) is 0 Å². The molecule has 1 aromatic carbocycles. The Bertz CT molecular complexity index is 1030. The maximum absolute atomic E-state index is 12.3. The lowest BCUT2D eigenvalue weighted by Gasteiger charge is -2.07. The van der Waals surface area contributed by atoms with Crippen molar-refractivity contribution >= 4 is 26.6 Å². The van der Waals surface area contributed by atoms with Gasteiger partial charge < -0.3 is 4.98 Å². The van der Waals surface area contributed by atoms with E-state index in [2.05, 4.69) is 14.8 Å². The molecule has 2 N–H and O–H groups in total. The summed E-state index contributed by atoms with van der Waals surface area (Å²) in [5, 5.41) is 4.72. The van der Waals surface area contributed by atoms with Crippen molar-refractivity contribution in [1.82, 2.24) is 14.8 Å². The first kappa shape index (κ1) is 15.3. The highest BCUT2D eigenvalue weighted by molar-refractivity contribution is 7.92. The first-order valence-corrected chi connectivity index (χ1v) is 8.57. The Hall–Kier alpha value is -2.61. The number of hydrogen-bond donors (Lipinski definition) is 2. The summed E-state index contributed by atoms with van der Waals surface area (Å²) >= 11 is 0. The highest BCUT2D eigenvalue weighted by atomic mass is 32.2. The molecule has 0 saturated heterocycles. The van der Waals surface area contributed by atoms with Crippen LogP contribution < -0.4 is 10.3 Å². The summed E-state index contributed by atoms with van der Waals surface area (Å²) in [6, 6.07) is 8.11. The molecular formula is C15H16N4O3S. The van der Waals surface area contributed by atoms with Gasteiger partial charge in [0.05, 0.1) is 0 Å². The summed E-state index contributed by atoms with van der Waals surface area (Å²) in [5.74, 6) is 0. The second-order valence-electron chi connectivity index (χ2n) is 5.20. The molecule has 0 radical (unpaired) electrons. The molecule has 0 aliphatic rings. The van der Waals surface area contributed by atoms with Gasteiger partial charge in [-0.3, -0.25) is 14.2 Å². The molecule has 8 heteroatoms. The monoisotopic (exact) mass is 332 g/mol. The lowest BCUT2D eigenvalue weighted by atomic mass is 10.1. The fraction of sp³-hybridized carbons (Fsp3) is 0.200. The molecule has 3 aromatic rings. The maximum Gasteiger partial charge on any atom is 0.281 e. The van der Waals surface area contributed by atoms with Crippen LogP contribution in [0.15, 0.2) is 46.3 Å². The van der Waals surface area contributed by atoms with Crippen molar-refractivity contribution in [2.24, 2.45) is 0 Å². The number of aromatic amines is 1. The number of anilines is 1. The molecule has 0 fully saturated rings. The molecule has 0 amide bonds. The van der Waals surface area contributed by atoms with E-state index in [1.165, 1.54) is 6.07 Å². The van der Waals surface area contributed by atoms with Gasteiger partial charge in [-0.15, -0.1) is 0 Å². The average Bonchev–Trinajstić information content (AvgIpc) is 2.98. The molecule has 120 valence electrons. The predicted octanol–water partition coefficient (Wildman–Crippen LogP) is 1.85. The molecule has 0 spiro atoms. The third-order valence-electron chi connectivity index (χ3n) is 3.50. The van der Waals surface area contributed by atoms with E-state index < -0.39 is 10.0 Å². The van der Waals surface area contributed by atoms with Gasteiger partial charge in [0.2, 0.25) is 0 Å². The zero-order valence-electron chi connectivity index (χ0n) is 12.7. The summed E-state index contributed by atoms with van der Waals surface area (Å²) in [6.45, 7) is 4.17. The topological polar surface area (TPSA) is 96.9 Å². The van der Waals surface area contributed by atoms with Crippen LogP contribution in [0.2, 0.25) is 0 Å². The number of fused-ring (bicyclic) bond motifs is 1. The standard InChI is InChI=1S/C15H16N4O3S/c1-3-19-7-6-14(17-19)23(21,22)18-12-4-5-13-11(9-12)8-10(2)15(20)16-13/h4-9,18H,3H2,1-2H3,(H,16,20). The molecule has 0 saturated carbocycles. The number of nitrogens with zero attached hydrogens (tertiary/aromatic N) is 2.